The first-order valence-electron chi connectivity index (χ1n) is 12.6. The van der Waals surface area contributed by atoms with Gasteiger partial charge in [0.15, 0.2) is 0 Å². The van der Waals surface area contributed by atoms with Crippen molar-refractivity contribution in [2.24, 2.45) is 0 Å². The van der Waals surface area contributed by atoms with E-state index >= 15 is 0 Å². The molecular weight excluding hydrogens is 492 g/mol. The van der Waals surface area contributed by atoms with E-state index in [-0.39, 0.29) is 23.5 Å². The molecule has 0 aliphatic carbocycles. The molecule has 6 nitrogen and oxygen atoms in total. The van der Waals surface area contributed by atoms with Gasteiger partial charge < -0.3 is 9.47 Å². The predicted octanol–water partition coefficient (Wildman–Crippen LogP) is 7.16. The third kappa shape index (κ3) is 14.6. The van der Waals surface area contributed by atoms with E-state index in [2.05, 4.69) is 52.0 Å². The molecule has 0 saturated carbocycles. The van der Waals surface area contributed by atoms with Gasteiger partial charge in [0.25, 0.3) is 0 Å². The second-order valence-electron chi connectivity index (χ2n) is 9.56. The summed E-state index contributed by atoms with van der Waals surface area (Å²) in [5, 5.41) is 17.9. The molecule has 0 aromatic rings. The smallest absolute Gasteiger partial charge is 0.322 e. The van der Waals surface area contributed by atoms with Gasteiger partial charge in [-0.2, -0.15) is 10.5 Å². The van der Waals surface area contributed by atoms with Gasteiger partial charge in [-0.1, -0.05) is 37.1 Å². The first kappa shape index (κ1) is 34.1. The maximum Gasteiger partial charge on any atom is 0.322 e. The third-order valence-electron chi connectivity index (χ3n) is 6.18. The van der Waals surface area contributed by atoms with Gasteiger partial charge in [-0.05, 0) is 66.2 Å². The normalized spacial score (nSPS) is 16.1. The number of allylic oxidation sites excluding steroid dienone is 4. The molecule has 3 unspecified atom stereocenters. The second kappa shape index (κ2) is 18.4. The first-order valence-corrected chi connectivity index (χ1v) is 14.4. The van der Waals surface area contributed by atoms with Gasteiger partial charge in [-0.15, -0.1) is 23.5 Å². The molecule has 3 atom stereocenters. The zero-order chi connectivity index (χ0) is 27.6. The lowest BCUT2D eigenvalue weighted by molar-refractivity contribution is -0.145. The number of esters is 2. The zero-order valence-corrected chi connectivity index (χ0v) is 24.8. The summed E-state index contributed by atoms with van der Waals surface area (Å²) in [6.45, 7) is 12.2. The average Bonchev–Trinajstić information content (AvgIpc) is 2.84. The van der Waals surface area contributed by atoms with Crippen molar-refractivity contribution in [2.45, 2.75) is 108 Å². The molecule has 202 valence electrons. The van der Waals surface area contributed by atoms with Gasteiger partial charge in [0.05, 0.1) is 25.0 Å². The van der Waals surface area contributed by atoms with Gasteiger partial charge in [-0.3, -0.25) is 9.59 Å². The van der Waals surface area contributed by atoms with Gasteiger partial charge in [0, 0.05) is 22.3 Å². The van der Waals surface area contributed by atoms with E-state index in [9.17, 15) is 20.1 Å². The highest BCUT2D eigenvalue weighted by Crippen LogP contribution is 2.38. The van der Waals surface area contributed by atoms with E-state index in [1.165, 1.54) is 41.8 Å². The van der Waals surface area contributed by atoms with E-state index in [1.54, 1.807) is 0 Å². The van der Waals surface area contributed by atoms with E-state index in [4.69, 9.17) is 9.47 Å². The maximum absolute atomic E-state index is 12.5. The van der Waals surface area contributed by atoms with Crippen LogP contribution in [0, 0.1) is 22.7 Å². The van der Waals surface area contributed by atoms with Crippen molar-refractivity contribution < 1.29 is 19.1 Å². The summed E-state index contributed by atoms with van der Waals surface area (Å²) < 4.78 is 9.59. The number of hydrogen-bond acceptors (Lipinski definition) is 8. The van der Waals surface area contributed by atoms with Crippen LogP contribution >= 0.6 is 23.5 Å². The summed E-state index contributed by atoms with van der Waals surface area (Å²) >= 11 is 2.76. The molecule has 0 N–H and O–H groups in total. The number of nitrogens with zero attached hydrogens (tertiary/aromatic N) is 2. The molecule has 0 heterocycles. The maximum atomic E-state index is 12.5. The number of carbonyl (C=O) groups is 2. The SMILES string of the molecule is CCC(C)=CCCC(C)(CC#N)SCC(=O)OCC(SC(C)(CC#N)CC/C=C(/C)CC)C(=O)OC. The number of hydrogen-bond donors (Lipinski definition) is 0. The van der Waals surface area contributed by atoms with Crippen LogP contribution in [0.1, 0.15) is 92.9 Å². The summed E-state index contributed by atoms with van der Waals surface area (Å²) in [6, 6.07) is 4.46. The molecule has 0 rings (SSSR count). The Balaban J connectivity index is 5.13. The summed E-state index contributed by atoms with van der Waals surface area (Å²) in [5.74, 6) is -0.802. The number of rotatable bonds is 18. The molecule has 0 aromatic heterocycles. The van der Waals surface area contributed by atoms with Gasteiger partial charge >= 0.3 is 11.9 Å². The van der Waals surface area contributed by atoms with E-state index in [0.717, 1.165) is 38.5 Å². The van der Waals surface area contributed by atoms with Crippen LogP contribution in [0.2, 0.25) is 0 Å². The monoisotopic (exact) mass is 536 g/mol. The molecule has 8 heteroatoms. The molecule has 0 bridgehead atoms. The fourth-order valence-corrected chi connectivity index (χ4v) is 5.72. The van der Waals surface area contributed by atoms with Gasteiger partial charge in [0.2, 0.25) is 0 Å². The Kier molecular flexibility index (Phi) is 17.4. The summed E-state index contributed by atoms with van der Waals surface area (Å²) in [4.78, 5) is 25.0. The van der Waals surface area contributed by atoms with Crippen molar-refractivity contribution in [3.05, 3.63) is 23.3 Å². The van der Waals surface area contributed by atoms with Crippen LogP contribution in [-0.4, -0.2) is 46.2 Å². The minimum absolute atomic E-state index is 0.101. The van der Waals surface area contributed by atoms with Crippen molar-refractivity contribution in [1.29, 1.82) is 10.5 Å². The Morgan fingerprint density at radius 1 is 0.944 bits per heavy atom. The molecule has 0 fully saturated rings. The number of methoxy groups -OCH3 is 1. The predicted molar refractivity (Wildman–Crippen MR) is 151 cm³/mol. The van der Waals surface area contributed by atoms with Crippen molar-refractivity contribution in [3.63, 3.8) is 0 Å². The standard InChI is InChI=1S/C28H44N2O4S2/c1-8-22(3)12-10-14-27(5,16-18-29)35-21-25(31)34-20-24(26(32)33-7)36-28(6,17-19-30)15-11-13-23(4)9-2/h12-13,24H,8-11,14-17,20-21H2,1-7H3/b22-12?,23-13-. The topological polar surface area (TPSA) is 100 Å². The number of carbonyl (C=O) groups excluding carboxylic acids is 2. The average molecular weight is 537 g/mol. The summed E-state index contributed by atoms with van der Waals surface area (Å²) in [5.41, 5.74) is 2.60. The molecule has 0 aliphatic heterocycles. The van der Waals surface area contributed by atoms with E-state index in [1.807, 2.05) is 13.8 Å². The highest BCUT2D eigenvalue weighted by Gasteiger charge is 2.34. The van der Waals surface area contributed by atoms with Crippen LogP contribution in [0.3, 0.4) is 0 Å². The molecule has 0 aliphatic rings. The van der Waals surface area contributed by atoms with Crippen LogP contribution < -0.4 is 0 Å². The zero-order valence-electron chi connectivity index (χ0n) is 23.1. The summed E-state index contributed by atoms with van der Waals surface area (Å²) in [6.07, 6.45) is 10.1. The van der Waals surface area contributed by atoms with E-state index in [0.29, 0.717) is 6.42 Å². The lowest BCUT2D eigenvalue weighted by atomic mass is 10.00. The highest BCUT2D eigenvalue weighted by atomic mass is 32.2. The molecule has 0 spiro atoms. The number of ether oxygens (including phenoxy) is 2. The largest absolute Gasteiger partial charge is 0.468 e. The lowest BCUT2D eigenvalue weighted by Gasteiger charge is -2.30. The minimum atomic E-state index is -0.716. The Hall–Kier alpha value is -1.90. The van der Waals surface area contributed by atoms with Crippen LogP contribution in [0.4, 0.5) is 0 Å². The number of thioether (sulfide) groups is 2. The molecular formula is C28H44N2O4S2. The Morgan fingerprint density at radius 2 is 1.44 bits per heavy atom. The second-order valence-corrected chi connectivity index (χ2v) is 12.9. The molecule has 36 heavy (non-hydrogen) atoms. The van der Waals surface area contributed by atoms with Crippen LogP contribution in [0.5, 0.6) is 0 Å². The van der Waals surface area contributed by atoms with Crippen molar-refractivity contribution in [3.8, 4) is 12.1 Å². The fourth-order valence-electron chi connectivity index (χ4n) is 3.34. The molecule has 0 aromatic carbocycles. The van der Waals surface area contributed by atoms with Crippen LogP contribution in [0.15, 0.2) is 23.3 Å². The van der Waals surface area contributed by atoms with E-state index < -0.39 is 21.9 Å². The molecule has 0 saturated heterocycles. The van der Waals surface area contributed by atoms with Gasteiger partial charge in [0.1, 0.15) is 11.9 Å². The Labute approximate surface area is 227 Å². The Bertz CT molecular complexity index is 843. The Morgan fingerprint density at radius 3 is 1.92 bits per heavy atom. The fraction of sp³-hybridized carbons (Fsp3) is 0.714. The molecule has 0 radical (unpaired) electrons. The van der Waals surface area contributed by atoms with Gasteiger partial charge in [-0.25, -0.2) is 0 Å². The minimum Gasteiger partial charge on any atom is -0.468 e. The first-order chi connectivity index (χ1) is 17.0. The number of nitriles is 2. The molecule has 0 amide bonds. The highest BCUT2D eigenvalue weighted by molar-refractivity contribution is 8.02. The quantitative estimate of drug-likeness (QED) is 0.134. The summed E-state index contributed by atoms with van der Waals surface area (Å²) in [7, 11) is 1.31. The van der Waals surface area contributed by atoms with Crippen LogP contribution in [-0.2, 0) is 19.1 Å². The van der Waals surface area contributed by atoms with Crippen LogP contribution in [0.25, 0.3) is 0 Å². The van der Waals surface area contributed by atoms with Crippen molar-refractivity contribution >= 4 is 35.5 Å². The van der Waals surface area contributed by atoms with Crippen molar-refractivity contribution in [1.82, 2.24) is 0 Å². The third-order valence-corrected chi connectivity index (χ3v) is 9.13. The lowest BCUT2D eigenvalue weighted by Crippen LogP contribution is -2.33. The van der Waals surface area contributed by atoms with Crippen molar-refractivity contribution in [2.75, 3.05) is 19.5 Å².